The first-order valence-electron chi connectivity index (χ1n) is 7.50. The van der Waals surface area contributed by atoms with Gasteiger partial charge in [-0.1, -0.05) is 12.1 Å². The number of nitrogens with one attached hydrogen (secondary N) is 2. The molecule has 0 radical (unpaired) electrons. The highest BCUT2D eigenvalue weighted by molar-refractivity contribution is 6.00. The molecule has 0 saturated heterocycles. The number of amides is 1. The lowest BCUT2D eigenvalue weighted by atomic mass is 9.98. The van der Waals surface area contributed by atoms with E-state index in [9.17, 15) is 18.0 Å². The van der Waals surface area contributed by atoms with Crippen LogP contribution >= 0.6 is 0 Å². The molecule has 0 bridgehead atoms. The molecule has 1 heterocycles. The number of aromatic amines is 1. The quantitative estimate of drug-likeness (QED) is 0.629. The Balaban J connectivity index is 2.11. The molecule has 3 rings (SSSR count). The molecule has 1 aromatic heterocycles. The van der Waals surface area contributed by atoms with Crippen molar-refractivity contribution < 1.29 is 27.8 Å². The number of carboxylic acid groups (broad SMARTS) is 1. The number of anilines is 1. The van der Waals surface area contributed by atoms with Gasteiger partial charge >= 0.3 is 12.5 Å². The molecule has 7 nitrogen and oxygen atoms in total. The number of nitrogens with zero attached hydrogens (tertiary/aromatic N) is 2. The van der Waals surface area contributed by atoms with Crippen molar-refractivity contribution >= 4 is 22.8 Å². The third kappa shape index (κ3) is 3.92. The first-order valence-corrected chi connectivity index (χ1v) is 7.50. The topological polar surface area (TPSA) is 111 Å². The number of carbonyl (C=O) groups is 1. The van der Waals surface area contributed by atoms with Gasteiger partial charge in [0.2, 0.25) is 0 Å². The summed E-state index contributed by atoms with van der Waals surface area (Å²) in [5, 5.41) is 20.3. The van der Waals surface area contributed by atoms with Gasteiger partial charge < -0.3 is 14.8 Å². The van der Waals surface area contributed by atoms with Crippen LogP contribution in [0.25, 0.3) is 22.2 Å². The largest absolute Gasteiger partial charge is 0.573 e. The fraction of sp³-hybridized carbons (Fsp3) is 0.118. The Kier molecular flexibility index (Phi) is 4.60. The fourth-order valence-electron chi connectivity index (χ4n) is 2.71. The van der Waals surface area contributed by atoms with Crippen LogP contribution in [-0.4, -0.2) is 27.5 Å². The molecule has 0 unspecified atom stereocenters. The van der Waals surface area contributed by atoms with Gasteiger partial charge in [0.15, 0.2) is 0 Å². The van der Waals surface area contributed by atoms with E-state index in [1.165, 1.54) is 24.5 Å². The minimum atomic E-state index is -4.80. The fourth-order valence-corrected chi connectivity index (χ4v) is 2.71. The van der Waals surface area contributed by atoms with Crippen LogP contribution in [0.15, 0.2) is 36.7 Å². The minimum absolute atomic E-state index is 0.0738. The van der Waals surface area contributed by atoms with E-state index in [1.54, 1.807) is 0 Å². The van der Waals surface area contributed by atoms with E-state index in [-0.39, 0.29) is 17.9 Å². The average molecular weight is 376 g/mol. The number of alkyl halides is 3. The van der Waals surface area contributed by atoms with Crippen molar-refractivity contribution in [1.29, 1.82) is 5.26 Å². The number of halogens is 3. The lowest BCUT2D eigenvalue weighted by Crippen LogP contribution is -2.16. The van der Waals surface area contributed by atoms with Gasteiger partial charge in [0.25, 0.3) is 0 Å². The van der Waals surface area contributed by atoms with Crippen molar-refractivity contribution in [2.75, 3.05) is 5.32 Å². The summed E-state index contributed by atoms with van der Waals surface area (Å²) < 4.78 is 40.7. The molecule has 0 saturated carbocycles. The van der Waals surface area contributed by atoms with E-state index in [2.05, 4.69) is 20.0 Å². The number of benzene rings is 2. The zero-order valence-corrected chi connectivity index (χ0v) is 13.5. The van der Waals surface area contributed by atoms with Crippen molar-refractivity contribution in [3.05, 3.63) is 42.2 Å². The number of H-pyrrole nitrogens is 1. The molecule has 10 heteroatoms. The van der Waals surface area contributed by atoms with E-state index in [4.69, 9.17) is 10.4 Å². The van der Waals surface area contributed by atoms with Gasteiger partial charge in [-0.2, -0.15) is 5.26 Å². The molecule has 3 N–H and O–H groups in total. The molecule has 0 atom stereocenters. The molecule has 0 fully saturated rings. The summed E-state index contributed by atoms with van der Waals surface area (Å²) in [7, 11) is 0. The monoisotopic (exact) mass is 376 g/mol. The normalized spacial score (nSPS) is 11.2. The van der Waals surface area contributed by atoms with Crippen molar-refractivity contribution in [1.82, 2.24) is 9.97 Å². The second kappa shape index (κ2) is 6.87. The van der Waals surface area contributed by atoms with Gasteiger partial charge in [0, 0.05) is 11.1 Å². The van der Waals surface area contributed by atoms with Gasteiger partial charge in [-0.25, -0.2) is 9.78 Å². The summed E-state index contributed by atoms with van der Waals surface area (Å²) >= 11 is 0. The van der Waals surface area contributed by atoms with Crippen LogP contribution in [0.3, 0.4) is 0 Å². The molecular formula is C17H11F3N4O3. The number of hydrogen-bond donors (Lipinski definition) is 3. The Morgan fingerprint density at radius 1 is 1.33 bits per heavy atom. The van der Waals surface area contributed by atoms with Crippen LogP contribution in [-0.2, 0) is 6.42 Å². The van der Waals surface area contributed by atoms with Crippen molar-refractivity contribution in [3.8, 4) is 22.9 Å². The second-order valence-corrected chi connectivity index (χ2v) is 5.41. The van der Waals surface area contributed by atoms with Crippen LogP contribution < -0.4 is 10.1 Å². The first-order chi connectivity index (χ1) is 12.8. The Labute approximate surface area is 150 Å². The predicted octanol–water partition coefficient (Wildman–Crippen LogP) is 4.28. The molecule has 2 aromatic carbocycles. The average Bonchev–Trinajstić information content (AvgIpc) is 3.05. The van der Waals surface area contributed by atoms with Crippen LogP contribution in [0.1, 0.15) is 5.56 Å². The molecule has 0 aliphatic carbocycles. The maximum absolute atomic E-state index is 12.3. The number of imidazole rings is 1. The Bertz CT molecular complexity index is 1040. The summed E-state index contributed by atoms with van der Waals surface area (Å²) in [4.78, 5) is 18.1. The number of rotatable bonds is 4. The third-order valence-corrected chi connectivity index (χ3v) is 3.70. The highest BCUT2D eigenvalue weighted by Gasteiger charge is 2.31. The highest BCUT2D eigenvalue weighted by atomic mass is 19.4. The highest BCUT2D eigenvalue weighted by Crippen LogP contribution is 2.35. The van der Waals surface area contributed by atoms with Gasteiger partial charge in [0.1, 0.15) is 5.75 Å². The summed E-state index contributed by atoms with van der Waals surface area (Å²) in [6.07, 6.45) is -4.80. The second-order valence-electron chi connectivity index (χ2n) is 5.41. The standard InChI is InChI=1S/C17H11F3N4O3/c18-17(19,20)27-10-3-1-9(2-4-10)12-7-13(24-16(25)26)11(5-6-21)14-15(12)23-8-22-14/h1-4,7-8,24H,5H2,(H,22,23)(H,25,26). The van der Waals surface area contributed by atoms with Crippen molar-refractivity contribution in [2.24, 2.45) is 0 Å². The predicted molar refractivity (Wildman–Crippen MR) is 89.2 cm³/mol. The Morgan fingerprint density at radius 2 is 2.04 bits per heavy atom. The van der Waals surface area contributed by atoms with Crippen molar-refractivity contribution in [3.63, 3.8) is 0 Å². The number of hydrogen-bond acceptors (Lipinski definition) is 4. The molecule has 0 aliphatic rings. The summed E-state index contributed by atoms with van der Waals surface area (Å²) in [6, 6.07) is 8.58. The maximum atomic E-state index is 12.3. The van der Waals surface area contributed by atoms with E-state index < -0.39 is 12.5 Å². The smallest absolute Gasteiger partial charge is 0.465 e. The summed E-state index contributed by atoms with van der Waals surface area (Å²) in [5.41, 5.74) is 2.52. The van der Waals surface area contributed by atoms with Crippen LogP contribution in [0, 0.1) is 11.3 Å². The van der Waals surface area contributed by atoms with E-state index in [0.29, 0.717) is 27.7 Å². The van der Waals surface area contributed by atoms with E-state index in [0.717, 1.165) is 12.1 Å². The zero-order chi connectivity index (χ0) is 19.6. The molecule has 0 aliphatic heterocycles. The van der Waals surface area contributed by atoms with Crippen LogP contribution in [0.2, 0.25) is 0 Å². The third-order valence-electron chi connectivity index (χ3n) is 3.70. The number of nitriles is 1. The van der Waals surface area contributed by atoms with E-state index in [1.807, 2.05) is 6.07 Å². The van der Waals surface area contributed by atoms with Gasteiger partial charge in [-0.15, -0.1) is 13.2 Å². The van der Waals surface area contributed by atoms with Gasteiger partial charge in [-0.05, 0) is 23.8 Å². The maximum Gasteiger partial charge on any atom is 0.573 e. The molecule has 138 valence electrons. The minimum Gasteiger partial charge on any atom is -0.465 e. The number of aromatic nitrogens is 2. The molecule has 0 spiro atoms. The molecular weight excluding hydrogens is 365 g/mol. The van der Waals surface area contributed by atoms with Crippen LogP contribution in [0.5, 0.6) is 5.75 Å². The van der Waals surface area contributed by atoms with Gasteiger partial charge in [-0.3, -0.25) is 5.32 Å². The number of ether oxygens (including phenoxy) is 1. The lowest BCUT2D eigenvalue weighted by Gasteiger charge is -2.13. The summed E-state index contributed by atoms with van der Waals surface area (Å²) in [5.74, 6) is -0.378. The molecule has 27 heavy (non-hydrogen) atoms. The zero-order valence-electron chi connectivity index (χ0n) is 13.5. The van der Waals surface area contributed by atoms with E-state index >= 15 is 0 Å². The SMILES string of the molecule is N#CCc1c(NC(=O)O)cc(-c2ccc(OC(F)(F)F)cc2)c2[nH]cnc12. The Hall–Kier alpha value is -3.74. The van der Waals surface area contributed by atoms with Gasteiger partial charge in [0.05, 0.1) is 35.5 Å². The van der Waals surface area contributed by atoms with Crippen LogP contribution in [0.4, 0.5) is 23.7 Å². The Morgan fingerprint density at radius 3 is 2.63 bits per heavy atom. The van der Waals surface area contributed by atoms with Crippen molar-refractivity contribution in [2.45, 2.75) is 12.8 Å². The molecule has 3 aromatic rings. The summed E-state index contributed by atoms with van der Waals surface area (Å²) in [6.45, 7) is 0. The lowest BCUT2D eigenvalue weighted by molar-refractivity contribution is -0.274. The first kappa shape index (κ1) is 18.1. The number of fused-ring (bicyclic) bond motifs is 1. The molecule has 1 amide bonds.